The van der Waals surface area contributed by atoms with Gasteiger partial charge >= 0.3 is 12.1 Å². The lowest BCUT2D eigenvalue weighted by molar-refractivity contribution is -0.142. The highest BCUT2D eigenvalue weighted by Crippen LogP contribution is 2.17. The molecule has 0 unspecified atom stereocenters. The number of nitrogens with one attached hydrogen (secondary N) is 2. The average Bonchev–Trinajstić information content (AvgIpc) is 2.84. The molecule has 0 aliphatic heterocycles. The number of ether oxygens (including phenoxy) is 1. The summed E-state index contributed by atoms with van der Waals surface area (Å²) in [5.41, 5.74) is 2.18. The summed E-state index contributed by atoms with van der Waals surface area (Å²) in [4.78, 5) is 37.3. The van der Waals surface area contributed by atoms with E-state index in [0.29, 0.717) is 10.6 Å². The number of carbonyl (C=O) groups excluding carboxylic acids is 2. The maximum absolute atomic E-state index is 13.1. The van der Waals surface area contributed by atoms with Crippen molar-refractivity contribution < 1.29 is 24.2 Å². The van der Waals surface area contributed by atoms with Crippen molar-refractivity contribution in [2.24, 2.45) is 0 Å². The van der Waals surface area contributed by atoms with Gasteiger partial charge in [0.25, 0.3) is 0 Å². The molecule has 0 bridgehead atoms. The molecule has 3 rings (SSSR count). The van der Waals surface area contributed by atoms with Crippen molar-refractivity contribution in [1.82, 2.24) is 10.6 Å². The number of rotatable bonds is 10. The minimum Gasteiger partial charge on any atom is -0.480 e. The average molecular weight is 481 g/mol. The zero-order valence-electron chi connectivity index (χ0n) is 18.3. The second kappa shape index (κ2) is 12.4. The first-order valence-electron chi connectivity index (χ1n) is 10.7. The Morgan fingerprint density at radius 1 is 0.765 bits per heavy atom. The van der Waals surface area contributed by atoms with Crippen LogP contribution >= 0.6 is 11.6 Å². The Hall–Kier alpha value is -3.84. The maximum Gasteiger partial charge on any atom is 0.408 e. The molecule has 176 valence electrons. The van der Waals surface area contributed by atoms with Crippen LogP contribution in [0.15, 0.2) is 84.9 Å². The topological polar surface area (TPSA) is 105 Å². The van der Waals surface area contributed by atoms with Gasteiger partial charge in [-0.2, -0.15) is 0 Å². The van der Waals surface area contributed by atoms with Crippen molar-refractivity contribution in [2.75, 3.05) is 0 Å². The second-order valence-electron chi connectivity index (χ2n) is 7.64. The van der Waals surface area contributed by atoms with E-state index in [-0.39, 0.29) is 19.4 Å². The molecule has 0 aromatic heterocycles. The molecule has 2 atom stereocenters. The Kier molecular flexibility index (Phi) is 9.05. The van der Waals surface area contributed by atoms with E-state index in [4.69, 9.17) is 16.3 Å². The van der Waals surface area contributed by atoms with Crippen molar-refractivity contribution >= 4 is 29.6 Å². The van der Waals surface area contributed by atoms with Crippen LogP contribution in [0, 0.1) is 0 Å². The number of aliphatic carboxylic acids is 1. The summed E-state index contributed by atoms with van der Waals surface area (Å²) in [6.45, 7) is 0.0383. The van der Waals surface area contributed by atoms with E-state index in [1.165, 1.54) is 0 Å². The lowest BCUT2D eigenvalue weighted by Crippen LogP contribution is -2.53. The molecule has 3 aromatic carbocycles. The molecule has 0 saturated carbocycles. The van der Waals surface area contributed by atoms with E-state index in [0.717, 1.165) is 11.1 Å². The molecule has 7 nitrogen and oxygen atoms in total. The van der Waals surface area contributed by atoms with E-state index < -0.39 is 30.1 Å². The largest absolute Gasteiger partial charge is 0.480 e. The van der Waals surface area contributed by atoms with Crippen molar-refractivity contribution in [1.29, 1.82) is 0 Å². The SMILES string of the molecule is O=C(N[C@@H](Cc1ccccc1)C(=O)N[C@H](Cc1ccccc1Cl)C(=O)O)OCc1ccccc1. The predicted molar refractivity (Wildman–Crippen MR) is 128 cm³/mol. The first-order valence-corrected chi connectivity index (χ1v) is 11.1. The van der Waals surface area contributed by atoms with E-state index in [9.17, 15) is 19.5 Å². The van der Waals surface area contributed by atoms with E-state index >= 15 is 0 Å². The summed E-state index contributed by atoms with van der Waals surface area (Å²) in [6.07, 6.45) is -0.624. The number of carbonyl (C=O) groups is 3. The Bertz CT molecular complexity index is 1110. The molecule has 3 aromatic rings. The second-order valence-corrected chi connectivity index (χ2v) is 8.05. The zero-order valence-corrected chi connectivity index (χ0v) is 19.1. The Morgan fingerprint density at radius 2 is 1.35 bits per heavy atom. The maximum atomic E-state index is 13.1. The first-order chi connectivity index (χ1) is 16.4. The van der Waals surface area contributed by atoms with Gasteiger partial charge in [-0.1, -0.05) is 90.5 Å². The molecule has 0 aliphatic rings. The molecule has 8 heteroatoms. The van der Waals surface area contributed by atoms with Crippen molar-refractivity contribution in [2.45, 2.75) is 31.5 Å². The van der Waals surface area contributed by atoms with Gasteiger partial charge in [0.2, 0.25) is 5.91 Å². The van der Waals surface area contributed by atoms with Gasteiger partial charge in [0.1, 0.15) is 18.7 Å². The number of hydrogen-bond donors (Lipinski definition) is 3. The van der Waals surface area contributed by atoms with Gasteiger partial charge in [-0.05, 0) is 22.8 Å². The third-order valence-corrected chi connectivity index (χ3v) is 5.47. The smallest absolute Gasteiger partial charge is 0.408 e. The highest BCUT2D eigenvalue weighted by Gasteiger charge is 2.28. The molecule has 3 N–H and O–H groups in total. The highest BCUT2D eigenvalue weighted by atomic mass is 35.5. The molecular formula is C26H25ClN2O5. The van der Waals surface area contributed by atoms with Crippen LogP contribution in [-0.4, -0.2) is 35.2 Å². The monoisotopic (exact) mass is 480 g/mol. The van der Waals surface area contributed by atoms with Gasteiger partial charge in [-0.15, -0.1) is 0 Å². The van der Waals surface area contributed by atoms with Gasteiger partial charge in [-0.25, -0.2) is 9.59 Å². The molecular weight excluding hydrogens is 456 g/mol. The van der Waals surface area contributed by atoms with Gasteiger partial charge in [-0.3, -0.25) is 4.79 Å². The van der Waals surface area contributed by atoms with Gasteiger partial charge in [0, 0.05) is 17.9 Å². The van der Waals surface area contributed by atoms with Crippen LogP contribution in [0.2, 0.25) is 5.02 Å². The van der Waals surface area contributed by atoms with Crippen LogP contribution in [0.4, 0.5) is 4.79 Å². The summed E-state index contributed by atoms with van der Waals surface area (Å²) in [7, 11) is 0. The lowest BCUT2D eigenvalue weighted by atomic mass is 10.0. The Labute approximate surface area is 202 Å². The third-order valence-electron chi connectivity index (χ3n) is 5.10. The number of carboxylic acids is 1. The molecule has 0 saturated heterocycles. The van der Waals surface area contributed by atoms with Crippen LogP contribution in [0.1, 0.15) is 16.7 Å². The minimum absolute atomic E-state index is 0.00272. The van der Waals surface area contributed by atoms with Gasteiger partial charge < -0.3 is 20.5 Å². The summed E-state index contributed by atoms with van der Waals surface area (Å²) in [5, 5.41) is 15.2. The number of carboxylic acid groups (broad SMARTS) is 1. The number of alkyl carbamates (subject to hydrolysis) is 1. The summed E-state index contributed by atoms with van der Waals surface area (Å²) in [5.74, 6) is -1.85. The lowest BCUT2D eigenvalue weighted by Gasteiger charge is -2.22. The van der Waals surface area contributed by atoms with Gasteiger partial charge in [0.05, 0.1) is 0 Å². The summed E-state index contributed by atoms with van der Waals surface area (Å²) in [6, 6.07) is 22.8. The van der Waals surface area contributed by atoms with E-state index in [1.54, 1.807) is 24.3 Å². The van der Waals surface area contributed by atoms with Crippen molar-refractivity contribution in [3.05, 3.63) is 107 Å². The Morgan fingerprint density at radius 3 is 1.97 bits per heavy atom. The van der Waals surface area contributed by atoms with Crippen molar-refractivity contribution in [3.8, 4) is 0 Å². The minimum atomic E-state index is -1.23. The fraction of sp³-hybridized carbons (Fsp3) is 0.192. The molecule has 0 radical (unpaired) electrons. The molecule has 34 heavy (non-hydrogen) atoms. The number of amides is 2. The fourth-order valence-electron chi connectivity index (χ4n) is 3.32. The summed E-state index contributed by atoms with van der Waals surface area (Å²) >= 11 is 6.15. The number of hydrogen-bond acceptors (Lipinski definition) is 4. The van der Waals surface area contributed by atoms with Crippen molar-refractivity contribution in [3.63, 3.8) is 0 Å². The standard InChI is InChI=1S/C26H25ClN2O5/c27-21-14-8-7-13-20(21)16-23(25(31)32)28-24(30)22(15-18-9-3-1-4-10-18)29-26(33)34-17-19-11-5-2-6-12-19/h1-14,22-23H,15-17H2,(H,28,30)(H,29,33)(H,31,32)/t22-,23+/m0/s1. The first kappa shape index (κ1) is 24.8. The van der Waals surface area contributed by atoms with Crippen LogP contribution < -0.4 is 10.6 Å². The quantitative estimate of drug-likeness (QED) is 0.407. The fourth-order valence-corrected chi connectivity index (χ4v) is 3.54. The highest BCUT2D eigenvalue weighted by molar-refractivity contribution is 6.31. The molecule has 0 fully saturated rings. The van der Waals surface area contributed by atoms with Crippen LogP contribution in [0.25, 0.3) is 0 Å². The van der Waals surface area contributed by atoms with Crippen LogP contribution in [0.5, 0.6) is 0 Å². The third kappa shape index (κ3) is 7.64. The molecule has 0 spiro atoms. The summed E-state index contributed by atoms with van der Waals surface area (Å²) < 4.78 is 5.25. The number of benzene rings is 3. The molecule has 0 aliphatic carbocycles. The van der Waals surface area contributed by atoms with Crippen LogP contribution in [0.3, 0.4) is 0 Å². The van der Waals surface area contributed by atoms with E-state index in [1.807, 2.05) is 60.7 Å². The zero-order chi connectivity index (χ0) is 24.3. The van der Waals surface area contributed by atoms with E-state index in [2.05, 4.69) is 10.6 Å². The number of halogens is 1. The Balaban J connectivity index is 1.70. The van der Waals surface area contributed by atoms with Gasteiger partial charge in [0.15, 0.2) is 0 Å². The predicted octanol–water partition coefficient (Wildman–Crippen LogP) is 3.99. The molecule has 2 amide bonds. The molecule has 0 heterocycles. The van der Waals surface area contributed by atoms with Crippen LogP contribution in [-0.2, 0) is 33.8 Å². The normalized spacial score (nSPS) is 12.3.